The number of carbonyl (C=O) groups is 3. The zero-order valence-electron chi connectivity index (χ0n) is 20.2. The highest BCUT2D eigenvalue weighted by Crippen LogP contribution is 2.16. The number of benzene rings is 3. The minimum atomic E-state index is -0.651. The van der Waals surface area contributed by atoms with Crippen LogP contribution in [-0.4, -0.2) is 43.3 Å². The van der Waals surface area contributed by atoms with Gasteiger partial charge in [0.15, 0.2) is 0 Å². The topological polar surface area (TPSA) is 88.1 Å². The lowest BCUT2D eigenvalue weighted by Gasteiger charge is -2.17. The average molecular weight is 489 g/mol. The van der Waals surface area contributed by atoms with E-state index in [1.807, 2.05) is 30.3 Å². The third kappa shape index (κ3) is 7.84. The van der Waals surface area contributed by atoms with E-state index in [1.165, 1.54) is 24.3 Å². The standard InChI is InChI=1S/C29H28O7/c1-20(35-22(3)23-10-6-4-7-11-23)18-33-28(31)25-14-16-26(17-15-25)29(32)36-21(2)19-34-27(30)24-12-8-5-9-13-24/h4-17,20-21H,3,18-19H2,1-2H3. The Hall–Kier alpha value is -4.39. The van der Waals surface area contributed by atoms with Gasteiger partial charge in [0.25, 0.3) is 0 Å². The van der Waals surface area contributed by atoms with Gasteiger partial charge in [-0.05, 0) is 50.2 Å². The smallest absolute Gasteiger partial charge is 0.338 e. The molecule has 0 aliphatic carbocycles. The van der Waals surface area contributed by atoms with Crippen LogP contribution in [0.5, 0.6) is 0 Å². The Morgan fingerprint density at radius 1 is 0.583 bits per heavy atom. The molecular weight excluding hydrogens is 460 g/mol. The average Bonchev–Trinajstić information content (AvgIpc) is 2.91. The van der Waals surface area contributed by atoms with Gasteiger partial charge in [-0.2, -0.15) is 0 Å². The Bertz CT molecular complexity index is 1170. The van der Waals surface area contributed by atoms with Crippen LogP contribution in [0.25, 0.3) is 5.76 Å². The van der Waals surface area contributed by atoms with Crippen LogP contribution in [0.15, 0.2) is 91.5 Å². The molecule has 0 saturated heterocycles. The van der Waals surface area contributed by atoms with Crippen molar-refractivity contribution in [3.8, 4) is 0 Å². The molecule has 3 rings (SSSR count). The van der Waals surface area contributed by atoms with E-state index in [9.17, 15) is 14.4 Å². The number of carbonyl (C=O) groups excluding carboxylic acids is 3. The van der Waals surface area contributed by atoms with E-state index in [-0.39, 0.29) is 24.3 Å². The van der Waals surface area contributed by atoms with Gasteiger partial charge in [0.05, 0.1) is 16.7 Å². The first-order chi connectivity index (χ1) is 17.3. The summed E-state index contributed by atoms with van der Waals surface area (Å²) >= 11 is 0. The predicted molar refractivity (Wildman–Crippen MR) is 134 cm³/mol. The maximum absolute atomic E-state index is 12.4. The molecule has 0 spiro atoms. The summed E-state index contributed by atoms with van der Waals surface area (Å²) < 4.78 is 21.5. The van der Waals surface area contributed by atoms with Gasteiger partial charge in [-0.3, -0.25) is 0 Å². The van der Waals surface area contributed by atoms with Crippen LogP contribution in [0.3, 0.4) is 0 Å². The molecule has 7 nitrogen and oxygen atoms in total. The van der Waals surface area contributed by atoms with Crippen LogP contribution in [0.1, 0.15) is 50.5 Å². The molecule has 3 aromatic carbocycles. The highest BCUT2D eigenvalue weighted by Gasteiger charge is 2.17. The van der Waals surface area contributed by atoms with Gasteiger partial charge in [0.1, 0.15) is 31.2 Å². The summed E-state index contributed by atoms with van der Waals surface area (Å²) in [4.78, 5) is 36.7. The van der Waals surface area contributed by atoms with E-state index in [1.54, 1.807) is 44.2 Å². The largest absolute Gasteiger partial charge is 0.487 e. The normalized spacial score (nSPS) is 12.1. The van der Waals surface area contributed by atoms with Crippen molar-refractivity contribution in [3.63, 3.8) is 0 Å². The molecule has 0 fully saturated rings. The second-order valence-corrected chi connectivity index (χ2v) is 8.07. The molecule has 2 atom stereocenters. The maximum Gasteiger partial charge on any atom is 0.338 e. The van der Waals surface area contributed by atoms with Crippen molar-refractivity contribution in [1.29, 1.82) is 0 Å². The molecule has 0 bridgehead atoms. The molecule has 0 amide bonds. The lowest BCUT2D eigenvalue weighted by Crippen LogP contribution is -2.22. The van der Waals surface area contributed by atoms with Crippen LogP contribution in [0.4, 0.5) is 0 Å². The van der Waals surface area contributed by atoms with E-state index < -0.39 is 30.1 Å². The summed E-state index contributed by atoms with van der Waals surface area (Å²) in [5, 5.41) is 0. The molecule has 36 heavy (non-hydrogen) atoms. The third-order valence-electron chi connectivity index (χ3n) is 5.01. The summed E-state index contributed by atoms with van der Waals surface area (Å²) in [6.07, 6.45) is -1.05. The van der Waals surface area contributed by atoms with Crippen LogP contribution < -0.4 is 0 Å². The fourth-order valence-corrected chi connectivity index (χ4v) is 3.12. The fraction of sp³-hybridized carbons (Fsp3) is 0.207. The lowest BCUT2D eigenvalue weighted by molar-refractivity contribution is 0.00447. The van der Waals surface area contributed by atoms with Crippen LogP contribution in [0, 0.1) is 0 Å². The molecule has 3 aromatic rings. The number of ether oxygens (including phenoxy) is 4. The van der Waals surface area contributed by atoms with E-state index in [4.69, 9.17) is 18.9 Å². The number of rotatable bonds is 11. The SMILES string of the molecule is C=C(OC(C)COC(=O)c1ccc(C(=O)OC(C)COC(=O)c2ccccc2)cc1)c1ccccc1. The molecule has 0 aliphatic heterocycles. The summed E-state index contributed by atoms with van der Waals surface area (Å²) in [6.45, 7) is 7.25. The Morgan fingerprint density at radius 3 is 1.47 bits per heavy atom. The third-order valence-corrected chi connectivity index (χ3v) is 5.01. The molecule has 0 heterocycles. The van der Waals surface area contributed by atoms with E-state index in [2.05, 4.69) is 6.58 Å². The number of hydrogen-bond acceptors (Lipinski definition) is 7. The fourth-order valence-electron chi connectivity index (χ4n) is 3.12. The highest BCUT2D eigenvalue weighted by atomic mass is 16.6. The van der Waals surface area contributed by atoms with Crippen molar-refractivity contribution < 1.29 is 33.3 Å². The molecule has 186 valence electrons. The van der Waals surface area contributed by atoms with Crippen molar-refractivity contribution in [2.75, 3.05) is 13.2 Å². The van der Waals surface area contributed by atoms with Gasteiger partial charge in [-0.25, -0.2) is 14.4 Å². The minimum Gasteiger partial charge on any atom is -0.487 e. The second-order valence-electron chi connectivity index (χ2n) is 8.07. The molecule has 0 aromatic heterocycles. The van der Waals surface area contributed by atoms with Crippen molar-refractivity contribution in [1.82, 2.24) is 0 Å². The van der Waals surface area contributed by atoms with Gasteiger partial charge >= 0.3 is 17.9 Å². The van der Waals surface area contributed by atoms with Gasteiger partial charge in [-0.1, -0.05) is 55.1 Å². The Balaban J connectivity index is 1.42. The van der Waals surface area contributed by atoms with Crippen molar-refractivity contribution in [3.05, 3.63) is 114 Å². The Morgan fingerprint density at radius 2 is 0.972 bits per heavy atom. The first-order valence-electron chi connectivity index (χ1n) is 11.4. The molecule has 2 unspecified atom stereocenters. The number of hydrogen-bond donors (Lipinski definition) is 0. The second kappa shape index (κ2) is 12.9. The van der Waals surface area contributed by atoms with E-state index in [0.717, 1.165) is 5.56 Å². The Labute approximate surface area is 210 Å². The monoisotopic (exact) mass is 488 g/mol. The maximum atomic E-state index is 12.4. The predicted octanol–water partition coefficient (Wildman–Crippen LogP) is 5.32. The van der Waals surface area contributed by atoms with Gasteiger partial charge in [0, 0.05) is 5.56 Å². The summed E-state index contributed by atoms with van der Waals surface area (Å²) in [7, 11) is 0. The van der Waals surface area contributed by atoms with Crippen LogP contribution >= 0.6 is 0 Å². The van der Waals surface area contributed by atoms with Crippen molar-refractivity contribution >= 4 is 23.7 Å². The Kier molecular flexibility index (Phi) is 9.40. The molecule has 0 N–H and O–H groups in total. The minimum absolute atomic E-state index is 0.0354. The zero-order valence-corrected chi connectivity index (χ0v) is 20.2. The van der Waals surface area contributed by atoms with E-state index >= 15 is 0 Å². The van der Waals surface area contributed by atoms with Crippen molar-refractivity contribution in [2.24, 2.45) is 0 Å². The quantitative estimate of drug-likeness (QED) is 0.205. The van der Waals surface area contributed by atoms with Crippen LogP contribution in [0.2, 0.25) is 0 Å². The van der Waals surface area contributed by atoms with Crippen molar-refractivity contribution in [2.45, 2.75) is 26.1 Å². The van der Waals surface area contributed by atoms with Gasteiger partial charge in [-0.15, -0.1) is 0 Å². The first kappa shape index (κ1) is 26.2. The summed E-state index contributed by atoms with van der Waals surface area (Å²) in [5.41, 5.74) is 1.80. The molecular formula is C29H28O7. The molecule has 0 saturated carbocycles. The van der Waals surface area contributed by atoms with Crippen LogP contribution in [-0.2, 0) is 18.9 Å². The molecule has 0 radical (unpaired) electrons. The van der Waals surface area contributed by atoms with Gasteiger partial charge in [0.2, 0.25) is 0 Å². The molecule has 0 aliphatic rings. The van der Waals surface area contributed by atoms with E-state index in [0.29, 0.717) is 11.3 Å². The zero-order chi connectivity index (χ0) is 25.9. The van der Waals surface area contributed by atoms with Gasteiger partial charge < -0.3 is 18.9 Å². The lowest BCUT2D eigenvalue weighted by atomic mass is 10.1. The summed E-state index contributed by atoms with van der Waals surface area (Å²) in [6, 6.07) is 23.9. The number of esters is 3. The molecule has 7 heteroatoms. The summed E-state index contributed by atoms with van der Waals surface area (Å²) in [5.74, 6) is -1.15. The highest BCUT2D eigenvalue weighted by molar-refractivity contribution is 5.93. The first-order valence-corrected chi connectivity index (χ1v) is 11.4.